The Bertz CT molecular complexity index is 634. The van der Waals surface area contributed by atoms with Gasteiger partial charge in [-0.2, -0.15) is 0 Å². The minimum Gasteiger partial charge on any atom is -0.294 e. The average Bonchev–Trinajstić information content (AvgIpc) is 2.66. The number of hydrogen-bond acceptors (Lipinski definition) is 2. The molecule has 18 heavy (non-hydrogen) atoms. The lowest BCUT2D eigenvalue weighted by Gasteiger charge is -2.17. The fourth-order valence-electron chi connectivity index (χ4n) is 2.60. The first-order chi connectivity index (χ1) is 8.68. The summed E-state index contributed by atoms with van der Waals surface area (Å²) in [6.45, 7) is 2.09. The quantitative estimate of drug-likeness (QED) is 0.662. The maximum absolute atomic E-state index is 6.37. The summed E-state index contributed by atoms with van der Waals surface area (Å²) in [6.07, 6.45) is 4.82. The molecule has 0 amide bonds. The molecular formula is C14H14ClNS2. The summed E-state index contributed by atoms with van der Waals surface area (Å²) < 4.78 is 3.13. The summed E-state index contributed by atoms with van der Waals surface area (Å²) in [5.41, 5.74) is 3.64. The molecule has 0 N–H and O–H groups in total. The second-order valence-corrected chi connectivity index (χ2v) is 6.82. The highest BCUT2D eigenvalue weighted by atomic mass is 35.5. The molecule has 1 aliphatic carbocycles. The first kappa shape index (κ1) is 12.4. The van der Waals surface area contributed by atoms with Crippen molar-refractivity contribution in [1.82, 2.24) is 4.57 Å². The van der Waals surface area contributed by atoms with Gasteiger partial charge in [0, 0.05) is 10.6 Å². The Balaban J connectivity index is 2.29. The smallest absolute Gasteiger partial charge is 0.166 e. The van der Waals surface area contributed by atoms with Crippen molar-refractivity contribution < 1.29 is 0 Å². The Morgan fingerprint density at radius 3 is 2.83 bits per heavy atom. The van der Waals surface area contributed by atoms with E-state index in [1.54, 1.807) is 11.3 Å². The van der Waals surface area contributed by atoms with E-state index in [0.717, 1.165) is 21.1 Å². The van der Waals surface area contributed by atoms with Crippen LogP contribution >= 0.6 is 35.2 Å². The van der Waals surface area contributed by atoms with Gasteiger partial charge < -0.3 is 0 Å². The van der Waals surface area contributed by atoms with E-state index in [0.29, 0.717) is 0 Å². The Morgan fingerprint density at radius 2 is 2.06 bits per heavy atom. The van der Waals surface area contributed by atoms with E-state index in [9.17, 15) is 0 Å². The van der Waals surface area contributed by atoms with Gasteiger partial charge >= 0.3 is 0 Å². The van der Waals surface area contributed by atoms with Crippen LogP contribution < -0.4 is 0 Å². The number of benzene rings is 1. The molecule has 2 aromatic rings. The minimum atomic E-state index is 0.789. The molecular weight excluding hydrogens is 282 g/mol. The summed E-state index contributed by atoms with van der Waals surface area (Å²) in [4.78, 5) is 1.45. The third-order valence-electron chi connectivity index (χ3n) is 3.46. The molecule has 1 nitrogen and oxygen atoms in total. The number of hydrogen-bond donors (Lipinski definition) is 0. The van der Waals surface area contributed by atoms with Crippen molar-refractivity contribution in [3.05, 3.63) is 43.3 Å². The zero-order valence-electron chi connectivity index (χ0n) is 10.2. The van der Waals surface area contributed by atoms with Crippen LogP contribution in [0.4, 0.5) is 0 Å². The SMILES string of the molecule is Cc1cccc(Cl)c1-n1c2c(sc1=S)CCCC2. The first-order valence-corrected chi connectivity index (χ1v) is 7.78. The second kappa shape index (κ2) is 4.80. The molecule has 0 unspecified atom stereocenters. The van der Waals surface area contributed by atoms with E-state index in [2.05, 4.69) is 17.6 Å². The van der Waals surface area contributed by atoms with Gasteiger partial charge in [-0.1, -0.05) is 23.7 Å². The molecule has 1 aliphatic rings. The van der Waals surface area contributed by atoms with Gasteiger partial charge in [-0.25, -0.2) is 0 Å². The molecule has 1 aromatic carbocycles. The lowest BCUT2D eigenvalue weighted by molar-refractivity contribution is 0.665. The van der Waals surface area contributed by atoms with Crippen molar-refractivity contribution in [2.45, 2.75) is 32.6 Å². The van der Waals surface area contributed by atoms with Gasteiger partial charge in [0.05, 0.1) is 10.7 Å². The van der Waals surface area contributed by atoms with Crippen LogP contribution in [0.15, 0.2) is 18.2 Å². The van der Waals surface area contributed by atoms with Gasteiger partial charge in [0.15, 0.2) is 3.95 Å². The Labute approximate surface area is 121 Å². The predicted octanol–water partition coefficient (Wildman–Crippen LogP) is 5.11. The van der Waals surface area contributed by atoms with Crippen molar-refractivity contribution in [2.24, 2.45) is 0 Å². The largest absolute Gasteiger partial charge is 0.294 e. The van der Waals surface area contributed by atoms with Crippen LogP contribution in [0, 0.1) is 10.9 Å². The number of halogens is 1. The van der Waals surface area contributed by atoms with Crippen molar-refractivity contribution in [1.29, 1.82) is 0 Å². The number of aromatic nitrogens is 1. The zero-order chi connectivity index (χ0) is 12.7. The van der Waals surface area contributed by atoms with Gasteiger partial charge in [0.1, 0.15) is 0 Å². The predicted molar refractivity (Wildman–Crippen MR) is 80.9 cm³/mol. The van der Waals surface area contributed by atoms with E-state index in [1.165, 1.54) is 35.4 Å². The topological polar surface area (TPSA) is 4.93 Å². The summed E-state index contributed by atoms with van der Waals surface area (Å²) >= 11 is 13.7. The fourth-order valence-corrected chi connectivity index (χ4v) is 4.47. The van der Waals surface area contributed by atoms with Crippen LogP contribution in [-0.2, 0) is 12.8 Å². The first-order valence-electron chi connectivity index (χ1n) is 6.17. The average molecular weight is 296 g/mol. The normalized spacial score (nSPS) is 14.6. The van der Waals surface area contributed by atoms with Gasteiger partial charge in [-0.05, 0) is 56.5 Å². The van der Waals surface area contributed by atoms with Gasteiger partial charge in [-0.15, -0.1) is 11.3 Å². The summed E-state index contributed by atoms with van der Waals surface area (Å²) in [5.74, 6) is 0. The van der Waals surface area contributed by atoms with E-state index < -0.39 is 0 Å². The van der Waals surface area contributed by atoms with Gasteiger partial charge in [-0.3, -0.25) is 4.57 Å². The lowest BCUT2D eigenvalue weighted by Crippen LogP contribution is -2.08. The standard InChI is InChI=1S/C14H14ClNS2/c1-9-5-4-6-10(15)13(9)16-11-7-2-3-8-12(11)18-14(16)17/h4-6H,2-3,7-8H2,1H3. The highest BCUT2D eigenvalue weighted by molar-refractivity contribution is 7.73. The van der Waals surface area contributed by atoms with E-state index in [4.69, 9.17) is 23.8 Å². The molecule has 0 aliphatic heterocycles. The van der Waals surface area contributed by atoms with Crippen LogP contribution in [0.1, 0.15) is 29.0 Å². The number of para-hydroxylation sites is 1. The zero-order valence-corrected chi connectivity index (χ0v) is 12.6. The molecule has 0 bridgehead atoms. The molecule has 0 atom stereocenters. The monoisotopic (exact) mass is 295 g/mol. The Morgan fingerprint density at radius 1 is 1.28 bits per heavy atom. The molecule has 3 rings (SSSR count). The van der Waals surface area contributed by atoms with Crippen molar-refractivity contribution in [3.8, 4) is 5.69 Å². The number of fused-ring (bicyclic) bond motifs is 1. The van der Waals surface area contributed by atoms with Gasteiger partial charge in [0.2, 0.25) is 0 Å². The van der Waals surface area contributed by atoms with Crippen LogP contribution in [0.5, 0.6) is 0 Å². The molecule has 0 spiro atoms. The molecule has 0 saturated carbocycles. The number of aryl methyl sites for hydroxylation is 2. The third-order valence-corrected chi connectivity index (χ3v) is 5.25. The molecule has 0 radical (unpaired) electrons. The van der Waals surface area contributed by atoms with Crippen LogP contribution in [-0.4, -0.2) is 4.57 Å². The van der Waals surface area contributed by atoms with Crippen molar-refractivity contribution in [3.63, 3.8) is 0 Å². The van der Waals surface area contributed by atoms with Crippen molar-refractivity contribution >= 4 is 35.2 Å². The molecule has 0 fully saturated rings. The number of thiazole rings is 1. The Kier molecular flexibility index (Phi) is 3.31. The summed E-state index contributed by atoms with van der Waals surface area (Å²) in [6, 6.07) is 6.03. The fraction of sp³-hybridized carbons (Fsp3) is 0.357. The molecule has 0 saturated heterocycles. The lowest BCUT2D eigenvalue weighted by atomic mass is 10.0. The van der Waals surface area contributed by atoms with Crippen molar-refractivity contribution in [2.75, 3.05) is 0 Å². The highest BCUT2D eigenvalue weighted by Gasteiger charge is 2.19. The molecule has 1 aromatic heterocycles. The summed E-state index contributed by atoms with van der Waals surface area (Å²) in [7, 11) is 0. The van der Waals surface area contributed by atoms with Crippen LogP contribution in [0.25, 0.3) is 5.69 Å². The van der Waals surface area contributed by atoms with E-state index >= 15 is 0 Å². The molecule has 94 valence electrons. The third kappa shape index (κ3) is 1.94. The van der Waals surface area contributed by atoms with Gasteiger partial charge in [0.25, 0.3) is 0 Å². The number of nitrogens with zero attached hydrogens (tertiary/aromatic N) is 1. The van der Waals surface area contributed by atoms with E-state index in [1.807, 2.05) is 12.1 Å². The Hall–Kier alpha value is -0.640. The summed E-state index contributed by atoms with van der Waals surface area (Å²) in [5, 5.41) is 0.789. The highest BCUT2D eigenvalue weighted by Crippen LogP contribution is 2.34. The molecule has 4 heteroatoms. The minimum absolute atomic E-state index is 0.789. The van der Waals surface area contributed by atoms with Crippen LogP contribution in [0.3, 0.4) is 0 Å². The van der Waals surface area contributed by atoms with Crippen LogP contribution in [0.2, 0.25) is 5.02 Å². The number of rotatable bonds is 1. The van der Waals surface area contributed by atoms with E-state index in [-0.39, 0.29) is 0 Å². The maximum atomic E-state index is 6.37. The maximum Gasteiger partial charge on any atom is 0.166 e. The second-order valence-electron chi connectivity index (χ2n) is 4.69. The molecule has 1 heterocycles.